The van der Waals surface area contributed by atoms with Crippen LogP contribution in [0, 0.1) is 13.8 Å². The molecule has 0 aromatic heterocycles. The Balaban J connectivity index is 1.67. The number of nitrogens with one attached hydrogen (secondary N) is 1. The van der Waals surface area contributed by atoms with Gasteiger partial charge in [0, 0.05) is 37.6 Å². The van der Waals surface area contributed by atoms with E-state index < -0.39 is 30.2 Å². The van der Waals surface area contributed by atoms with Gasteiger partial charge in [-0.2, -0.15) is 0 Å². The van der Waals surface area contributed by atoms with Gasteiger partial charge >= 0.3 is 6.09 Å². The third-order valence-corrected chi connectivity index (χ3v) is 5.77. The molecule has 0 saturated carbocycles. The van der Waals surface area contributed by atoms with E-state index in [0.29, 0.717) is 31.9 Å². The lowest BCUT2D eigenvalue weighted by atomic mass is 10.0. The van der Waals surface area contributed by atoms with E-state index in [0.717, 1.165) is 16.8 Å². The fourth-order valence-electron chi connectivity index (χ4n) is 4.00. The van der Waals surface area contributed by atoms with Crippen molar-refractivity contribution in [2.75, 3.05) is 55.7 Å². The number of hydrogen-bond donors (Lipinski definition) is 2. The van der Waals surface area contributed by atoms with Crippen LogP contribution in [0.15, 0.2) is 12.1 Å². The van der Waals surface area contributed by atoms with Crippen molar-refractivity contribution in [1.29, 1.82) is 0 Å². The van der Waals surface area contributed by atoms with E-state index in [2.05, 4.69) is 22.4 Å². The average Bonchev–Trinajstić information content (AvgIpc) is 3.11. The summed E-state index contributed by atoms with van der Waals surface area (Å²) in [6, 6.07) is 3.79. The van der Waals surface area contributed by atoms with E-state index >= 15 is 0 Å². The number of benzene rings is 1. The van der Waals surface area contributed by atoms with Crippen LogP contribution in [-0.4, -0.2) is 85.4 Å². The van der Waals surface area contributed by atoms with E-state index in [1.165, 1.54) is 4.90 Å². The van der Waals surface area contributed by atoms with Gasteiger partial charge in [-0.05, 0) is 37.1 Å². The van der Waals surface area contributed by atoms with Crippen molar-refractivity contribution in [3.63, 3.8) is 0 Å². The molecular formula is C20H26F2N4O4S. The van der Waals surface area contributed by atoms with Gasteiger partial charge in [0.2, 0.25) is 5.91 Å². The minimum atomic E-state index is -2.75. The molecule has 1 aromatic rings. The summed E-state index contributed by atoms with van der Waals surface area (Å²) in [5.41, 5.74) is 3.68. The fraction of sp³-hybridized carbons (Fsp3) is 0.550. The molecule has 2 heterocycles. The number of anilines is 2. The summed E-state index contributed by atoms with van der Waals surface area (Å²) < 4.78 is 30.3. The fourth-order valence-corrected chi connectivity index (χ4v) is 4.08. The highest BCUT2D eigenvalue weighted by Gasteiger charge is 2.33. The molecule has 0 radical (unpaired) electrons. The SMILES string of the molecule is Cc1cc(N2C[C@H](CNC(=S)C(F)F)OC2=O)cc(C)c1N1CCN(C(=O)CO)CC1. The number of hydrogen-bond acceptors (Lipinski definition) is 6. The molecule has 1 aromatic carbocycles. The summed E-state index contributed by atoms with van der Waals surface area (Å²) in [4.78, 5) is 28.8. The van der Waals surface area contributed by atoms with Crippen molar-refractivity contribution in [2.24, 2.45) is 0 Å². The molecule has 170 valence electrons. The Morgan fingerprint density at radius 1 is 1.26 bits per heavy atom. The van der Waals surface area contributed by atoms with E-state index in [1.807, 2.05) is 26.0 Å². The smallest absolute Gasteiger partial charge is 0.414 e. The molecule has 2 aliphatic rings. The number of ether oxygens (including phenoxy) is 1. The second-order valence-corrected chi connectivity index (χ2v) is 8.06. The van der Waals surface area contributed by atoms with Crippen LogP contribution in [0.4, 0.5) is 25.0 Å². The second kappa shape index (κ2) is 9.73. The molecule has 2 amide bonds. The van der Waals surface area contributed by atoms with Crippen LogP contribution in [0.3, 0.4) is 0 Å². The normalized spacial score (nSPS) is 19.1. The first-order chi connectivity index (χ1) is 14.7. The molecule has 0 unspecified atom stereocenters. The summed E-state index contributed by atoms with van der Waals surface area (Å²) in [7, 11) is 0. The Morgan fingerprint density at radius 2 is 1.87 bits per heavy atom. The molecule has 2 fully saturated rings. The molecule has 0 bridgehead atoms. The van der Waals surface area contributed by atoms with Crippen LogP contribution in [-0.2, 0) is 9.53 Å². The van der Waals surface area contributed by atoms with Gasteiger partial charge in [-0.25, -0.2) is 13.6 Å². The van der Waals surface area contributed by atoms with Crippen LogP contribution >= 0.6 is 12.2 Å². The van der Waals surface area contributed by atoms with Crippen LogP contribution in [0.2, 0.25) is 0 Å². The number of piperazine rings is 1. The summed E-state index contributed by atoms with van der Waals surface area (Å²) in [6.45, 7) is 6.06. The van der Waals surface area contributed by atoms with Gasteiger partial charge in [0.1, 0.15) is 17.7 Å². The zero-order chi connectivity index (χ0) is 22.7. The summed E-state index contributed by atoms with van der Waals surface area (Å²) >= 11 is 4.55. The summed E-state index contributed by atoms with van der Waals surface area (Å²) in [6.07, 6.45) is -3.86. The highest BCUT2D eigenvalue weighted by molar-refractivity contribution is 7.80. The number of alkyl halides is 2. The summed E-state index contributed by atoms with van der Waals surface area (Å²) in [5, 5.41) is 11.5. The maximum atomic E-state index is 12.5. The third kappa shape index (κ3) is 5.21. The van der Waals surface area contributed by atoms with Crippen molar-refractivity contribution in [3.8, 4) is 0 Å². The number of rotatable bonds is 6. The molecule has 1 atom stereocenters. The molecule has 3 rings (SSSR count). The highest BCUT2D eigenvalue weighted by Crippen LogP contribution is 2.32. The molecule has 0 spiro atoms. The Labute approximate surface area is 184 Å². The number of thiocarbonyl (C=S) groups is 1. The van der Waals surface area contributed by atoms with Gasteiger partial charge in [0.25, 0.3) is 6.43 Å². The van der Waals surface area contributed by atoms with E-state index in [1.54, 1.807) is 4.90 Å². The maximum absolute atomic E-state index is 12.5. The van der Waals surface area contributed by atoms with Crippen molar-refractivity contribution < 1.29 is 28.2 Å². The van der Waals surface area contributed by atoms with E-state index in [9.17, 15) is 18.4 Å². The monoisotopic (exact) mass is 456 g/mol. The first-order valence-corrected chi connectivity index (χ1v) is 10.4. The average molecular weight is 457 g/mol. The standard InChI is InChI=1S/C20H26F2N4O4S/c1-12-7-14(26-10-15(30-20(26)29)9-23-19(31)18(21)22)8-13(2)17(12)25-5-3-24(4-6-25)16(28)11-27/h7-8,15,18,27H,3-6,9-11H2,1-2H3,(H,23,31)/t15-/m0/s1. The van der Waals surface area contributed by atoms with Crippen molar-refractivity contribution in [3.05, 3.63) is 23.3 Å². The lowest BCUT2D eigenvalue weighted by molar-refractivity contribution is -0.134. The zero-order valence-corrected chi connectivity index (χ0v) is 18.3. The van der Waals surface area contributed by atoms with Gasteiger partial charge in [-0.1, -0.05) is 12.2 Å². The number of aliphatic hydroxyl groups is 1. The maximum Gasteiger partial charge on any atom is 0.414 e. The Morgan fingerprint density at radius 3 is 2.42 bits per heavy atom. The number of amides is 2. The highest BCUT2D eigenvalue weighted by atomic mass is 32.1. The zero-order valence-electron chi connectivity index (χ0n) is 17.4. The predicted octanol–water partition coefficient (Wildman–Crippen LogP) is 1.45. The van der Waals surface area contributed by atoms with Crippen molar-refractivity contribution >= 4 is 40.6 Å². The number of carbonyl (C=O) groups is 2. The predicted molar refractivity (Wildman–Crippen MR) is 116 cm³/mol. The van der Waals surface area contributed by atoms with E-state index in [4.69, 9.17) is 9.84 Å². The van der Waals surface area contributed by atoms with Crippen LogP contribution < -0.4 is 15.1 Å². The van der Waals surface area contributed by atoms with Crippen LogP contribution in [0.1, 0.15) is 11.1 Å². The van der Waals surface area contributed by atoms with Crippen LogP contribution in [0.5, 0.6) is 0 Å². The Bertz CT molecular complexity index is 839. The Kier molecular flexibility index (Phi) is 7.26. The van der Waals surface area contributed by atoms with E-state index in [-0.39, 0.29) is 19.0 Å². The Hall–Kier alpha value is -2.53. The van der Waals surface area contributed by atoms with Crippen molar-refractivity contribution in [1.82, 2.24) is 10.2 Å². The number of aliphatic hydroxyl groups excluding tert-OH is 1. The molecule has 8 nitrogen and oxygen atoms in total. The number of halogens is 2. The number of aryl methyl sites for hydroxylation is 2. The molecule has 31 heavy (non-hydrogen) atoms. The van der Waals surface area contributed by atoms with Gasteiger partial charge in [-0.15, -0.1) is 0 Å². The third-order valence-electron chi connectivity index (χ3n) is 5.45. The quantitative estimate of drug-likeness (QED) is 0.627. The topological polar surface area (TPSA) is 85.4 Å². The summed E-state index contributed by atoms with van der Waals surface area (Å²) in [5.74, 6) is -0.269. The van der Waals surface area contributed by atoms with Crippen LogP contribution in [0.25, 0.3) is 0 Å². The van der Waals surface area contributed by atoms with Crippen molar-refractivity contribution in [2.45, 2.75) is 26.4 Å². The molecular weight excluding hydrogens is 430 g/mol. The van der Waals surface area contributed by atoms with Gasteiger partial charge in [0.15, 0.2) is 0 Å². The number of nitrogens with zero attached hydrogens (tertiary/aromatic N) is 3. The lowest BCUT2D eigenvalue weighted by Gasteiger charge is -2.37. The van der Waals surface area contributed by atoms with Gasteiger partial charge in [0.05, 0.1) is 13.1 Å². The molecule has 2 N–H and O–H groups in total. The molecule has 0 aliphatic carbocycles. The molecule has 2 saturated heterocycles. The first kappa shape index (κ1) is 23.1. The minimum absolute atomic E-state index is 0.0261. The molecule has 2 aliphatic heterocycles. The largest absolute Gasteiger partial charge is 0.442 e. The van der Waals surface area contributed by atoms with Gasteiger partial charge in [-0.3, -0.25) is 9.69 Å². The molecule has 11 heteroatoms. The number of cyclic esters (lactones) is 1. The first-order valence-electron chi connectivity index (χ1n) is 10.00. The number of carbonyl (C=O) groups excluding carboxylic acids is 2. The lowest BCUT2D eigenvalue weighted by Crippen LogP contribution is -2.50. The van der Waals surface area contributed by atoms with Gasteiger partial charge < -0.3 is 25.0 Å². The minimum Gasteiger partial charge on any atom is -0.442 e. The second-order valence-electron chi connectivity index (χ2n) is 7.62.